The average molecular weight is 321 g/mol. The molecular weight excluding hydrogens is 302 g/mol. The van der Waals surface area contributed by atoms with Gasteiger partial charge in [0.05, 0.1) is 6.04 Å². The maximum absolute atomic E-state index is 12.7. The molecule has 1 aliphatic rings. The molecule has 24 heavy (non-hydrogen) atoms. The van der Waals surface area contributed by atoms with Crippen LogP contribution >= 0.6 is 0 Å². The molecule has 0 saturated heterocycles. The summed E-state index contributed by atoms with van der Waals surface area (Å²) >= 11 is 0. The minimum absolute atomic E-state index is 0.0607. The van der Waals surface area contributed by atoms with E-state index >= 15 is 0 Å². The number of para-hydroxylation sites is 1. The Morgan fingerprint density at radius 2 is 2.12 bits per heavy atom. The summed E-state index contributed by atoms with van der Waals surface area (Å²) in [5.41, 5.74) is 3.68. The maximum atomic E-state index is 12.7. The van der Waals surface area contributed by atoms with E-state index in [1.165, 1.54) is 0 Å². The van der Waals surface area contributed by atoms with Crippen molar-refractivity contribution in [2.24, 2.45) is 0 Å². The van der Waals surface area contributed by atoms with Crippen molar-refractivity contribution in [2.45, 2.75) is 39.2 Å². The van der Waals surface area contributed by atoms with Crippen LogP contribution in [0.4, 0.5) is 0 Å². The van der Waals surface area contributed by atoms with Crippen LogP contribution in [0.3, 0.4) is 0 Å². The van der Waals surface area contributed by atoms with Crippen LogP contribution in [-0.4, -0.2) is 15.9 Å². The standard InChI is InChI=1S/C19H19N3O2/c1-11-13-6-3-4-9-17(13)24-18(11)19(23)22-16-8-5-7-15-14(16)10-20-12(2)21-15/h3-4,6,9-10,16H,5,7-8H2,1-2H3,(H,22,23). The monoisotopic (exact) mass is 321 g/mol. The molecule has 5 heteroatoms. The zero-order valence-electron chi connectivity index (χ0n) is 13.8. The Balaban J connectivity index is 1.64. The number of hydrogen-bond acceptors (Lipinski definition) is 4. The largest absolute Gasteiger partial charge is 0.451 e. The van der Waals surface area contributed by atoms with E-state index in [9.17, 15) is 4.79 Å². The summed E-state index contributed by atoms with van der Waals surface area (Å²) in [6, 6.07) is 7.64. The second-order valence-electron chi connectivity index (χ2n) is 6.29. The lowest BCUT2D eigenvalue weighted by Crippen LogP contribution is -2.31. The van der Waals surface area contributed by atoms with Gasteiger partial charge < -0.3 is 9.73 Å². The molecular formula is C19H19N3O2. The molecule has 122 valence electrons. The average Bonchev–Trinajstić information content (AvgIpc) is 2.92. The normalized spacial score (nSPS) is 16.8. The zero-order valence-corrected chi connectivity index (χ0v) is 13.8. The second kappa shape index (κ2) is 5.74. The number of aryl methyl sites for hydroxylation is 3. The van der Waals surface area contributed by atoms with E-state index < -0.39 is 0 Å². The van der Waals surface area contributed by atoms with Gasteiger partial charge in [-0.25, -0.2) is 9.97 Å². The highest BCUT2D eigenvalue weighted by Gasteiger charge is 2.26. The van der Waals surface area contributed by atoms with E-state index in [0.717, 1.165) is 52.9 Å². The summed E-state index contributed by atoms with van der Waals surface area (Å²) in [5, 5.41) is 4.08. The molecule has 0 radical (unpaired) electrons. The number of carbonyl (C=O) groups excluding carboxylic acids is 1. The quantitative estimate of drug-likeness (QED) is 0.782. The van der Waals surface area contributed by atoms with Crippen molar-refractivity contribution >= 4 is 16.9 Å². The van der Waals surface area contributed by atoms with Gasteiger partial charge >= 0.3 is 0 Å². The molecule has 1 unspecified atom stereocenters. The Labute approximate surface area is 140 Å². The van der Waals surface area contributed by atoms with E-state index in [4.69, 9.17) is 4.42 Å². The number of aromatic nitrogens is 2. The molecule has 0 bridgehead atoms. The van der Waals surface area contributed by atoms with Crippen LogP contribution in [0, 0.1) is 13.8 Å². The Bertz CT molecular complexity index is 930. The molecule has 1 atom stereocenters. The maximum Gasteiger partial charge on any atom is 0.287 e. The summed E-state index contributed by atoms with van der Waals surface area (Å²) in [6.07, 6.45) is 4.68. The predicted octanol–water partition coefficient (Wildman–Crippen LogP) is 3.65. The van der Waals surface area contributed by atoms with Crippen molar-refractivity contribution in [3.8, 4) is 0 Å². The van der Waals surface area contributed by atoms with Crippen molar-refractivity contribution in [1.82, 2.24) is 15.3 Å². The number of rotatable bonds is 2. The predicted molar refractivity (Wildman–Crippen MR) is 90.9 cm³/mol. The fraction of sp³-hybridized carbons (Fsp3) is 0.316. The highest BCUT2D eigenvalue weighted by molar-refractivity contribution is 5.99. The smallest absolute Gasteiger partial charge is 0.287 e. The van der Waals surface area contributed by atoms with Crippen LogP contribution in [0.1, 0.15) is 52.1 Å². The first kappa shape index (κ1) is 14.9. The molecule has 3 aromatic rings. The lowest BCUT2D eigenvalue weighted by molar-refractivity contribution is 0.0905. The Hall–Kier alpha value is -2.69. The molecule has 1 aliphatic carbocycles. The van der Waals surface area contributed by atoms with Gasteiger partial charge in [0.1, 0.15) is 11.4 Å². The molecule has 0 aliphatic heterocycles. The number of benzene rings is 1. The topological polar surface area (TPSA) is 68.0 Å². The summed E-state index contributed by atoms with van der Waals surface area (Å²) in [7, 11) is 0. The SMILES string of the molecule is Cc1ncc2c(n1)CCCC2NC(=O)c1oc2ccccc2c1C. The summed E-state index contributed by atoms with van der Waals surface area (Å²) in [4.78, 5) is 21.5. The number of carbonyl (C=O) groups is 1. The summed E-state index contributed by atoms with van der Waals surface area (Å²) in [6.45, 7) is 3.81. The lowest BCUT2D eigenvalue weighted by Gasteiger charge is -2.25. The molecule has 5 nitrogen and oxygen atoms in total. The number of nitrogens with one attached hydrogen (secondary N) is 1. The van der Waals surface area contributed by atoms with Gasteiger partial charge in [-0.2, -0.15) is 0 Å². The first-order valence-corrected chi connectivity index (χ1v) is 8.25. The van der Waals surface area contributed by atoms with Crippen LogP contribution < -0.4 is 5.32 Å². The Morgan fingerprint density at radius 3 is 2.96 bits per heavy atom. The molecule has 4 rings (SSSR count). The number of fused-ring (bicyclic) bond motifs is 2. The minimum atomic E-state index is -0.179. The van der Waals surface area contributed by atoms with E-state index in [-0.39, 0.29) is 11.9 Å². The molecule has 1 N–H and O–H groups in total. The fourth-order valence-electron chi connectivity index (χ4n) is 3.41. The molecule has 1 amide bonds. The number of amides is 1. The van der Waals surface area contributed by atoms with Crippen molar-refractivity contribution in [1.29, 1.82) is 0 Å². The molecule has 0 fully saturated rings. The zero-order chi connectivity index (χ0) is 16.7. The Morgan fingerprint density at radius 1 is 1.29 bits per heavy atom. The van der Waals surface area contributed by atoms with Gasteiger partial charge in [-0.1, -0.05) is 18.2 Å². The van der Waals surface area contributed by atoms with Gasteiger partial charge in [0.2, 0.25) is 0 Å². The van der Waals surface area contributed by atoms with Crippen molar-refractivity contribution in [3.63, 3.8) is 0 Å². The first-order chi connectivity index (χ1) is 11.6. The van der Waals surface area contributed by atoms with Gasteiger partial charge in [-0.05, 0) is 39.2 Å². The fourth-order valence-corrected chi connectivity index (χ4v) is 3.41. The van der Waals surface area contributed by atoms with Crippen LogP contribution in [0.15, 0.2) is 34.9 Å². The van der Waals surface area contributed by atoms with E-state index in [1.807, 2.05) is 44.3 Å². The Kier molecular flexibility index (Phi) is 3.56. The summed E-state index contributed by atoms with van der Waals surface area (Å²) < 4.78 is 5.77. The molecule has 2 aromatic heterocycles. The van der Waals surface area contributed by atoms with E-state index in [0.29, 0.717) is 5.76 Å². The van der Waals surface area contributed by atoms with Gasteiger partial charge in [0, 0.05) is 28.4 Å². The molecule has 0 saturated carbocycles. The van der Waals surface area contributed by atoms with Gasteiger partial charge in [-0.3, -0.25) is 4.79 Å². The lowest BCUT2D eigenvalue weighted by atomic mass is 9.92. The van der Waals surface area contributed by atoms with Crippen molar-refractivity contribution in [3.05, 3.63) is 58.9 Å². The number of nitrogens with zero attached hydrogens (tertiary/aromatic N) is 2. The van der Waals surface area contributed by atoms with E-state index in [2.05, 4.69) is 15.3 Å². The molecule has 2 heterocycles. The highest BCUT2D eigenvalue weighted by atomic mass is 16.3. The highest BCUT2D eigenvalue weighted by Crippen LogP contribution is 2.30. The molecule has 1 aromatic carbocycles. The third-order valence-electron chi connectivity index (χ3n) is 4.66. The van der Waals surface area contributed by atoms with Crippen molar-refractivity contribution in [2.75, 3.05) is 0 Å². The number of furan rings is 1. The van der Waals surface area contributed by atoms with Gasteiger partial charge in [0.25, 0.3) is 5.91 Å². The van der Waals surface area contributed by atoms with Crippen LogP contribution in [0.5, 0.6) is 0 Å². The minimum Gasteiger partial charge on any atom is -0.451 e. The number of hydrogen-bond donors (Lipinski definition) is 1. The van der Waals surface area contributed by atoms with Crippen LogP contribution in [0.2, 0.25) is 0 Å². The summed E-state index contributed by atoms with van der Waals surface area (Å²) in [5.74, 6) is 0.979. The van der Waals surface area contributed by atoms with Gasteiger partial charge in [-0.15, -0.1) is 0 Å². The van der Waals surface area contributed by atoms with Crippen LogP contribution in [-0.2, 0) is 6.42 Å². The van der Waals surface area contributed by atoms with Crippen molar-refractivity contribution < 1.29 is 9.21 Å². The van der Waals surface area contributed by atoms with E-state index in [1.54, 1.807) is 0 Å². The molecule has 0 spiro atoms. The second-order valence-corrected chi connectivity index (χ2v) is 6.29. The van der Waals surface area contributed by atoms with Crippen LogP contribution in [0.25, 0.3) is 11.0 Å². The van der Waals surface area contributed by atoms with Gasteiger partial charge in [0.15, 0.2) is 5.76 Å². The first-order valence-electron chi connectivity index (χ1n) is 8.25. The third kappa shape index (κ3) is 2.46. The third-order valence-corrected chi connectivity index (χ3v) is 4.66.